The number of nitrogens with one attached hydrogen (secondary N) is 1. The SMILES string of the molecule is CC(=O)n1cc(C(=O)Nc2cc(C)on2)c2cc(Cl)ccc21. The Morgan fingerprint density at radius 1 is 1.32 bits per heavy atom. The summed E-state index contributed by atoms with van der Waals surface area (Å²) in [4.78, 5) is 24.1. The Balaban J connectivity index is 2.07. The molecule has 0 saturated carbocycles. The zero-order valence-corrected chi connectivity index (χ0v) is 12.6. The molecule has 0 spiro atoms. The van der Waals surface area contributed by atoms with Crippen LogP contribution in [0.3, 0.4) is 0 Å². The second-order valence-electron chi connectivity index (χ2n) is 4.87. The molecule has 0 atom stereocenters. The molecule has 7 heteroatoms. The van der Waals surface area contributed by atoms with Crippen molar-refractivity contribution in [1.29, 1.82) is 0 Å². The molecule has 1 aromatic carbocycles. The van der Waals surface area contributed by atoms with Crippen molar-refractivity contribution in [2.45, 2.75) is 13.8 Å². The Kier molecular flexibility index (Phi) is 3.46. The molecule has 3 rings (SSSR count). The molecule has 0 bridgehead atoms. The highest BCUT2D eigenvalue weighted by Gasteiger charge is 2.18. The normalized spacial score (nSPS) is 10.9. The minimum atomic E-state index is -0.388. The van der Waals surface area contributed by atoms with Gasteiger partial charge in [-0.1, -0.05) is 16.8 Å². The van der Waals surface area contributed by atoms with Gasteiger partial charge in [0.25, 0.3) is 5.91 Å². The molecule has 0 saturated heterocycles. The van der Waals surface area contributed by atoms with E-state index < -0.39 is 0 Å². The van der Waals surface area contributed by atoms with Crippen molar-refractivity contribution in [3.05, 3.63) is 46.8 Å². The number of fused-ring (bicyclic) bond motifs is 1. The first-order valence-corrected chi connectivity index (χ1v) is 6.89. The van der Waals surface area contributed by atoms with Crippen LogP contribution in [0.4, 0.5) is 5.82 Å². The second kappa shape index (κ2) is 5.31. The molecule has 0 radical (unpaired) electrons. The number of hydrogen-bond acceptors (Lipinski definition) is 4. The summed E-state index contributed by atoms with van der Waals surface area (Å²) in [6, 6.07) is 6.64. The number of amides is 1. The zero-order chi connectivity index (χ0) is 15.9. The number of rotatable bonds is 2. The molecule has 2 heterocycles. The van der Waals surface area contributed by atoms with E-state index in [0.717, 1.165) is 0 Å². The maximum Gasteiger partial charge on any atom is 0.259 e. The summed E-state index contributed by atoms with van der Waals surface area (Å²) in [6.07, 6.45) is 1.49. The van der Waals surface area contributed by atoms with Crippen molar-refractivity contribution < 1.29 is 14.1 Å². The highest BCUT2D eigenvalue weighted by molar-refractivity contribution is 6.31. The predicted molar refractivity (Wildman–Crippen MR) is 82.4 cm³/mol. The Bertz CT molecular complexity index is 895. The van der Waals surface area contributed by atoms with Gasteiger partial charge in [0.2, 0.25) is 5.91 Å². The average molecular weight is 318 g/mol. The third-order valence-corrected chi connectivity index (χ3v) is 3.46. The van der Waals surface area contributed by atoms with Gasteiger partial charge in [-0.05, 0) is 25.1 Å². The van der Waals surface area contributed by atoms with Crippen LogP contribution in [0.25, 0.3) is 10.9 Å². The highest BCUT2D eigenvalue weighted by Crippen LogP contribution is 2.26. The van der Waals surface area contributed by atoms with Crippen LogP contribution in [0.15, 0.2) is 35.0 Å². The Morgan fingerprint density at radius 2 is 2.09 bits per heavy atom. The van der Waals surface area contributed by atoms with E-state index in [1.807, 2.05) is 0 Å². The number of anilines is 1. The van der Waals surface area contributed by atoms with Crippen molar-refractivity contribution in [2.75, 3.05) is 5.32 Å². The molecule has 22 heavy (non-hydrogen) atoms. The number of nitrogens with zero attached hydrogens (tertiary/aromatic N) is 2. The standard InChI is InChI=1S/C15H12ClN3O3/c1-8-5-14(18-22-8)17-15(21)12-7-19(9(2)20)13-4-3-10(16)6-11(12)13/h3-7H,1-2H3,(H,17,18,21). The van der Waals surface area contributed by atoms with Gasteiger partial charge in [-0.2, -0.15) is 0 Å². The lowest BCUT2D eigenvalue weighted by molar-refractivity contribution is 0.0941. The Morgan fingerprint density at radius 3 is 2.73 bits per heavy atom. The first-order valence-electron chi connectivity index (χ1n) is 6.52. The Hall–Kier alpha value is -2.60. The molecule has 0 aliphatic heterocycles. The van der Waals surface area contributed by atoms with Crippen molar-refractivity contribution in [3.63, 3.8) is 0 Å². The van der Waals surface area contributed by atoms with Gasteiger partial charge in [0.1, 0.15) is 5.76 Å². The fraction of sp³-hybridized carbons (Fsp3) is 0.133. The van der Waals surface area contributed by atoms with E-state index >= 15 is 0 Å². The Labute approximate surface area is 130 Å². The fourth-order valence-electron chi connectivity index (χ4n) is 2.25. The van der Waals surface area contributed by atoms with Crippen molar-refractivity contribution >= 4 is 40.1 Å². The first kappa shape index (κ1) is 14.3. The van der Waals surface area contributed by atoms with Gasteiger partial charge >= 0.3 is 0 Å². The molecule has 1 N–H and O–H groups in total. The van der Waals surface area contributed by atoms with Gasteiger partial charge < -0.3 is 9.84 Å². The van der Waals surface area contributed by atoms with E-state index in [2.05, 4.69) is 10.5 Å². The van der Waals surface area contributed by atoms with Crippen LogP contribution in [0.5, 0.6) is 0 Å². The van der Waals surface area contributed by atoms with Crippen LogP contribution in [0.2, 0.25) is 5.02 Å². The number of benzene rings is 1. The van der Waals surface area contributed by atoms with Crippen molar-refractivity contribution in [3.8, 4) is 0 Å². The van der Waals surface area contributed by atoms with Gasteiger partial charge in [-0.15, -0.1) is 0 Å². The van der Waals surface area contributed by atoms with Crippen LogP contribution >= 0.6 is 11.6 Å². The van der Waals surface area contributed by atoms with Crippen LogP contribution < -0.4 is 5.32 Å². The van der Waals surface area contributed by atoms with Gasteiger partial charge in [0, 0.05) is 29.6 Å². The number of aromatic nitrogens is 2. The summed E-state index contributed by atoms with van der Waals surface area (Å²) in [5.74, 6) is 0.321. The first-order chi connectivity index (χ1) is 10.5. The van der Waals surface area contributed by atoms with E-state index in [-0.39, 0.29) is 11.8 Å². The quantitative estimate of drug-likeness (QED) is 0.784. The van der Waals surface area contributed by atoms with Gasteiger partial charge in [0.05, 0.1) is 11.1 Å². The van der Waals surface area contributed by atoms with E-state index in [9.17, 15) is 9.59 Å². The van der Waals surface area contributed by atoms with Gasteiger partial charge in [-0.3, -0.25) is 14.2 Å². The third-order valence-electron chi connectivity index (χ3n) is 3.22. The molecule has 0 aliphatic carbocycles. The van der Waals surface area contributed by atoms with Crippen LogP contribution in [-0.2, 0) is 0 Å². The predicted octanol–water partition coefficient (Wildman–Crippen LogP) is 3.50. The molecule has 6 nitrogen and oxygen atoms in total. The highest BCUT2D eigenvalue weighted by atomic mass is 35.5. The number of carbonyl (C=O) groups excluding carboxylic acids is 2. The summed E-state index contributed by atoms with van der Waals surface area (Å²) in [5, 5.41) is 7.43. The topological polar surface area (TPSA) is 77.1 Å². The molecule has 112 valence electrons. The molecule has 2 aromatic heterocycles. The monoisotopic (exact) mass is 317 g/mol. The minimum Gasteiger partial charge on any atom is -0.360 e. The molecular formula is C15H12ClN3O3. The van der Waals surface area contributed by atoms with E-state index in [1.54, 1.807) is 31.2 Å². The maximum atomic E-state index is 12.4. The van der Waals surface area contributed by atoms with Gasteiger partial charge in [-0.25, -0.2) is 0 Å². The van der Waals surface area contributed by atoms with E-state index in [4.69, 9.17) is 16.1 Å². The molecule has 0 aliphatic rings. The number of hydrogen-bond donors (Lipinski definition) is 1. The largest absolute Gasteiger partial charge is 0.360 e. The lowest BCUT2D eigenvalue weighted by atomic mass is 10.1. The molecule has 3 aromatic rings. The number of aryl methyl sites for hydroxylation is 1. The second-order valence-corrected chi connectivity index (χ2v) is 5.31. The summed E-state index contributed by atoms with van der Waals surface area (Å²) in [7, 11) is 0. The summed E-state index contributed by atoms with van der Waals surface area (Å²) >= 11 is 5.99. The molecule has 1 amide bonds. The summed E-state index contributed by atoms with van der Waals surface area (Å²) in [6.45, 7) is 3.15. The van der Waals surface area contributed by atoms with Crippen LogP contribution in [0, 0.1) is 6.92 Å². The number of carbonyl (C=O) groups is 2. The smallest absolute Gasteiger partial charge is 0.259 e. The lowest BCUT2D eigenvalue weighted by Crippen LogP contribution is -2.12. The number of halogens is 1. The van der Waals surface area contributed by atoms with Crippen molar-refractivity contribution in [2.24, 2.45) is 0 Å². The van der Waals surface area contributed by atoms with Crippen LogP contribution in [-0.4, -0.2) is 21.5 Å². The zero-order valence-electron chi connectivity index (χ0n) is 11.9. The molecule has 0 fully saturated rings. The summed E-state index contributed by atoms with van der Waals surface area (Å²) in [5.41, 5.74) is 0.965. The average Bonchev–Trinajstić information content (AvgIpc) is 3.02. The maximum absolute atomic E-state index is 12.4. The van der Waals surface area contributed by atoms with E-state index in [1.165, 1.54) is 17.7 Å². The molecular weight excluding hydrogens is 306 g/mol. The van der Waals surface area contributed by atoms with Gasteiger partial charge in [0.15, 0.2) is 5.82 Å². The van der Waals surface area contributed by atoms with E-state index in [0.29, 0.717) is 33.1 Å². The van der Waals surface area contributed by atoms with Crippen molar-refractivity contribution in [1.82, 2.24) is 9.72 Å². The minimum absolute atomic E-state index is 0.191. The molecule has 0 unspecified atom stereocenters. The van der Waals surface area contributed by atoms with Crippen LogP contribution in [0.1, 0.15) is 27.8 Å². The fourth-order valence-corrected chi connectivity index (χ4v) is 2.42. The lowest BCUT2D eigenvalue weighted by Gasteiger charge is -2.00. The third kappa shape index (κ3) is 2.48. The summed E-state index contributed by atoms with van der Waals surface area (Å²) < 4.78 is 6.32.